The number of carbonyl (C=O) groups excluding carboxylic acids is 2. The Bertz CT molecular complexity index is 841. The number of furan rings is 1. The molecule has 144 valence electrons. The van der Waals surface area contributed by atoms with Crippen LogP contribution in [-0.4, -0.2) is 53.8 Å². The van der Waals surface area contributed by atoms with Gasteiger partial charge in [-0.1, -0.05) is 23.7 Å². The monoisotopic (exact) mass is 389 g/mol. The average Bonchev–Trinajstić information content (AvgIpc) is 3.00. The molecule has 1 fully saturated rings. The highest BCUT2D eigenvalue weighted by molar-refractivity contribution is 6.33. The van der Waals surface area contributed by atoms with Gasteiger partial charge in [0.15, 0.2) is 0 Å². The normalized spacial score (nSPS) is 16.2. The largest absolute Gasteiger partial charge is 0.466 e. The number of carbonyl (C=O) groups is 2. The van der Waals surface area contributed by atoms with Crippen molar-refractivity contribution in [2.75, 3.05) is 31.5 Å². The molecule has 2 amide bonds. The standard InChI is InChI=1S/C20H24ClN3O3/c1-13-12-16(15(3)27-13)20(26)24-10-8-23(9-11-24)14(2)19(25)22-18-7-5-4-6-17(18)21/h4-7,12,14H,8-11H2,1-3H3,(H,22,25). The number of para-hydroxylation sites is 1. The van der Waals surface area contributed by atoms with E-state index in [4.69, 9.17) is 16.0 Å². The van der Waals surface area contributed by atoms with Crippen LogP contribution in [-0.2, 0) is 4.79 Å². The lowest BCUT2D eigenvalue weighted by Gasteiger charge is -2.37. The van der Waals surface area contributed by atoms with E-state index in [1.54, 1.807) is 25.1 Å². The van der Waals surface area contributed by atoms with Gasteiger partial charge in [-0.15, -0.1) is 0 Å². The van der Waals surface area contributed by atoms with E-state index in [-0.39, 0.29) is 17.9 Å². The predicted molar refractivity (Wildman–Crippen MR) is 105 cm³/mol. The summed E-state index contributed by atoms with van der Waals surface area (Å²) >= 11 is 6.11. The number of nitrogens with zero attached hydrogens (tertiary/aromatic N) is 2. The van der Waals surface area contributed by atoms with E-state index >= 15 is 0 Å². The highest BCUT2D eigenvalue weighted by Gasteiger charge is 2.29. The predicted octanol–water partition coefficient (Wildman–Crippen LogP) is 3.33. The minimum atomic E-state index is -0.309. The van der Waals surface area contributed by atoms with Crippen LogP contribution in [0.4, 0.5) is 5.69 Å². The first kappa shape index (κ1) is 19.5. The Labute approximate surface area is 164 Å². The Morgan fingerprint density at radius 1 is 1.15 bits per heavy atom. The molecule has 0 bridgehead atoms. The summed E-state index contributed by atoms with van der Waals surface area (Å²) in [6.07, 6.45) is 0. The first-order chi connectivity index (χ1) is 12.9. The van der Waals surface area contributed by atoms with Crippen LogP contribution in [0.5, 0.6) is 0 Å². The smallest absolute Gasteiger partial charge is 0.257 e. The molecule has 1 saturated heterocycles. The third kappa shape index (κ3) is 4.34. The van der Waals surface area contributed by atoms with Gasteiger partial charge in [0.1, 0.15) is 11.5 Å². The van der Waals surface area contributed by atoms with Crippen molar-refractivity contribution in [1.82, 2.24) is 9.80 Å². The third-order valence-electron chi connectivity index (χ3n) is 4.93. The summed E-state index contributed by atoms with van der Waals surface area (Å²) in [6, 6.07) is 8.64. The fraction of sp³-hybridized carbons (Fsp3) is 0.400. The van der Waals surface area contributed by atoms with Crippen molar-refractivity contribution in [2.45, 2.75) is 26.8 Å². The van der Waals surface area contributed by atoms with E-state index in [0.29, 0.717) is 48.2 Å². The second-order valence-corrected chi connectivity index (χ2v) is 7.21. The van der Waals surface area contributed by atoms with Gasteiger partial charge in [0.2, 0.25) is 5.91 Å². The molecule has 1 aromatic carbocycles. The van der Waals surface area contributed by atoms with Gasteiger partial charge in [0.05, 0.1) is 22.3 Å². The topological polar surface area (TPSA) is 65.8 Å². The molecule has 1 aliphatic rings. The molecule has 1 unspecified atom stereocenters. The molecule has 3 rings (SSSR count). The zero-order valence-corrected chi connectivity index (χ0v) is 16.5. The molecule has 0 saturated carbocycles. The van der Waals surface area contributed by atoms with Crippen LogP contribution < -0.4 is 5.32 Å². The molecule has 2 aromatic rings. The van der Waals surface area contributed by atoms with E-state index < -0.39 is 0 Å². The highest BCUT2D eigenvalue weighted by atomic mass is 35.5. The number of halogens is 1. The number of nitrogens with one attached hydrogen (secondary N) is 1. The van der Waals surface area contributed by atoms with Crippen molar-refractivity contribution < 1.29 is 14.0 Å². The number of anilines is 1. The van der Waals surface area contributed by atoms with E-state index in [0.717, 1.165) is 5.76 Å². The molecule has 1 atom stereocenters. The van der Waals surface area contributed by atoms with E-state index in [2.05, 4.69) is 10.2 Å². The molecule has 1 aliphatic heterocycles. The summed E-state index contributed by atoms with van der Waals surface area (Å²) in [7, 11) is 0. The van der Waals surface area contributed by atoms with Crippen molar-refractivity contribution in [3.05, 3.63) is 52.4 Å². The first-order valence-corrected chi connectivity index (χ1v) is 9.40. The van der Waals surface area contributed by atoms with E-state index in [1.807, 2.05) is 30.9 Å². The van der Waals surface area contributed by atoms with Crippen LogP contribution in [0.15, 0.2) is 34.7 Å². The van der Waals surface area contributed by atoms with Crippen molar-refractivity contribution in [3.63, 3.8) is 0 Å². The van der Waals surface area contributed by atoms with Gasteiger partial charge in [0, 0.05) is 26.2 Å². The third-order valence-corrected chi connectivity index (χ3v) is 5.26. The average molecular weight is 390 g/mol. The summed E-state index contributed by atoms with van der Waals surface area (Å²) in [6.45, 7) is 7.93. The first-order valence-electron chi connectivity index (χ1n) is 9.02. The Kier molecular flexibility index (Phi) is 5.87. The summed E-state index contributed by atoms with van der Waals surface area (Å²) in [4.78, 5) is 29.1. The van der Waals surface area contributed by atoms with Crippen LogP contribution in [0.1, 0.15) is 28.8 Å². The van der Waals surface area contributed by atoms with Gasteiger partial charge < -0.3 is 14.6 Å². The van der Waals surface area contributed by atoms with Gasteiger partial charge in [-0.25, -0.2) is 0 Å². The number of rotatable bonds is 4. The second-order valence-electron chi connectivity index (χ2n) is 6.80. The summed E-state index contributed by atoms with van der Waals surface area (Å²) < 4.78 is 5.46. The number of amides is 2. The molecule has 0 aliphatic carbocycles. The van der Waals surface area contributed by atoms with Crippen molar-refractivity contribution >= 4 is 29.1 Å². The van der Waals surface area contributed by atoms with Crippen LogP contribution in [0, 0.1) is 13.8 Å². The zero-order valence-electron chi connectivity index (χ0n) is 15.8. The van der Waals surface area contributed by atoms with Crippen molar-refractivity contribution in [2.24, 2.45) is 0 Å². The molecule has 1 N–H and O–H groups in total. The fourth-order valence-electron chi connectivity index (χ4n) is 3.29. The van der Waals surface area contributed by atoms with E-state index in [1.165, 1.54) is 0 Å². The number of hydrogen-bond donors (Lipinski definition) is 1. The Balaban J connectivity index is 1.56. The highest BCUT2D eigenvalue weighted by Crippen LogP contribution is 2.21. The molecular weight excluding hydrogens is 366 g/mol. The Morgan fingerprint density at radius 2 is 1.81 bits per heavy atom. The summed E-state index contributed by atoms with van der Waals surface area (Å²) in [5.74, 6) is 1.26. The quantitative estimate of drug-likeness (QED) is 0.871. The SMILES string of the molecule is Cc1cc(C(=O)N2CCN(C(C)C(=O)Nc3ccccc3Cl)CC2)c(C)o1. The lowest BCUT2D eigenvalue weighted by molar-refractivity contribution is -0.121. The van der Waals surface area contributed by atoms with Crippen molar-refractivity contribution in [1.29, 1.82) is 0 Å². The van der Waals surface area contributed by atoms with Gasteiger partial charge in [-0.05, 0) is 39.0 Å². The lowest BCUT2D eigenvalue weighted by atomic mass is 10.1. The molecule has 2 heterocycles. The van der Waals surface area contributed by atoms with Crippen LogP contribution in [0.2, 0.25) is 5.02 Å². The number of aryl methyl sites for hydroxylation is 2. The Morgan fingerprint density at radius 3 is 2.41 bits per heavy atom. The van der Waals surface area contributed by atoms with Gasteiger partial charge in [-0.3, -0.25) is 14.5 Å². The number of hydrogen-bond acceptors (Lipinski definition) is 4. The van der Waals surface area contributed by atoms with Crippen LogP contribution >= 0.6 is 11.6 Å². The molecule has 0 spiro atoms. The van der Waals surface area contributed by atoms with Gasteiger partial charge in [-0.2, -0.15) is 0 Å². The van der Waals surface area contributed by atoms with E-state index in [9.17, 15) is 9.59 Å². The molecule has 7 heteroatoms. The maximum Gasteiger partial charge on any atom is 0.257 e. The molecule has 6 nitrogen and oxygen atoms in total. The Hall–Kier alpha value is -2.31. The number of benzene rings is 1. The fourth-order valence-corrected chi connectivity index (χ4v) is 3.47. The van der Waals surface area contributed by atoms with Crippen LogP contribution in [0.3, 0.4) is 0 Å². The zero-order chi connectivity index (χ0) is 19.6. The second kappa shape index (κ2) is 8.15. The molecule has 27 heavy (non-hydrogen) atoms. The summed E-state index contributed by atoms with van der Waals surface area (Å²) in [5.41, 5.74) is 1.22. The van der Waals surface area contributed by atoms with Gasteiger partial charge >= 0.3 is 0 Å². The van der Waals surface area contributed by atoms with Crippen molar-refractivity contribution in [3.8, 4) is 0 Å². The lowest BCUT2D eigenvalue weighted by Crippen LogP contribution is -2.54. The van der Waals surface area contributed by atoms with Gasteiger partial charge in [0.25, 0.3) is 5.91 Å². The molecular formula is C20H24ClN3O3. The van der Waals surface area contributed by atoms with Crippen LogP contribution in [0.25, 0.3) is 0 Å². The minimum Gasteiger partial charge on any atom is -0.466 e. The maximum absolute atomic E-state index is 12.7. The minimum absolute atomic E-state index is 0.0165. The number of piperazine rings is 1. The molecule has 1 aromatic heterocycles. The summed E-state index contributed by atoms with van der Waals surface area (Å²) in [5, 5.41) is 3.39. The molecule has 0 radical (unpaired) electrons. The maximum atomic E-state index is 12.7.